The molecule has 0 radical (unpaired) electrons. The van der Waals surface area contributed by atoms with Crippen LogP contribution in [-0.2, 0) is 13.2 Å². The Kier molecular flexibility index (Phi) is 3.79. The molecule has 0 fully saturated rings. The molecule has 4 nitrogen and oxygen atoms in total. The molecule has 0 aliphatic heterocycles. The van der Waals surface area contributed by atoms with Crippen molar-refractivity contribution in [3.8, 4) is 5.75 Å². The number of rotatable bonds is 4. The SMILES string of the molecule is NCc1cc(COc2cccc(I)c2)on1. The molecule has 2 aromatic rings. The zero-order valence-electron chi connectivity index (χ0n) is 8.52. The Bertz CT molecular complexity index is 471. The molecule has 84 valence electrons. The average Bonchev–Trinajstić information content (AvgIpc) is 2.74. The van der Waals surface area contributed by atoms with Gasteiger partial charge in [-0.2, -0.15) is 0 Å². The molecule has 0 unspecified atom stereocenters. The van der Waals surface area contributed by atoms with Gasteiger partial charge in [-0.25, -0.2) is 0 Å². The molecular weight excluding hydrogens is 319 g/mol. The molecular formula is C11H11IN2O2. The number of ether oxygens (including phenoxy) is 1. The number of halogens is 1. The van der Waals surface area contributed by atoms with Crippen LogP contribution < -0.4 is 10.5 Å². The van der Waals surface area contributed by atoms with Gasteiger partial charge in [0, 0.05) is 16.2 Å². The second kappa shape index (κ2) is 5.31. The fraction of sp³-hybridized carbons (Fsp3) is 0.182. The van der Waals surface area contributed by atoms with Crippen molar-refractivity contribution in [1.82, 2.24) is 5.16 Å². The Hall–Kier alpha value is -1.08. The first-order valence-corrected chi connectivity index (χ1v) is 5.88. The summed E-state index contributed by atoms with van der Waals surface area (Å²) in [5, 5.41) is 3.78. The standard InChI is InChI=1S/C11H11IN2O2/c12-8-2-1-3-10(4-8)15-7-11-5-9(6-13)14-16-11/h1-5H,6-7,13H2. The monoisotopic (exact) mass is 330 g/mol. The lowest BCUT2D eigenvalue weighted by Crippen LogP contribution is -1.96. The maximum absolute atomic E-state index is 5.55. The van der Waals surface area contributed by atoms with Crippen LogP contribution in [0.3, 0.4) is 0 Å². The number of nitrogens with zero attached hydrogens (tertiary/aromatic N) is 1. The normalized spacial score (nSPS) is 10.4. The first-order chi connectivity index (χ1) is 7.78. The molecule has 2 N–H and O–H groups in total. The van der Waals surface area contributed by atoms with E-state index in [2.05, 4.69) is 27.7 Å². The van der Waals surface area contributed by atoms with E-state index in [1.165, 1.54) is 0 Å². The van der Waals surface area contributed by atoms with Crippen LogP contribution in [0.15, 0.2) is 34.9 Å². The van der Waals surface area contributed by atoms with Gasteiger partial charge in [-0.15, -0.1) is 0 Å². The van der Waals surface area contributed by atoms with Crippen molar-refractivity contribution in [3.63, 3.8) is 0 Å². The molecule has 0 aliphatic rings. The Morgan fingerprint density at radius 2 is 2.25 bits per heavy atom. The lowest BCUT2D eigenvalue weighted by Gasteiger charge is -2.03. The summed E-state index contributed by atoms with van der Waals surface area (Å²) in [6.07, 6.45) is 0. The number of nitrogens with two attached hydrogens (primary N) is 1. The van der Waals surface area contributed by atoms with E-state index in [4.69, 9.17) is 15.0 Å². The average molecular weight is 330 g/mol. The van der Waals surface area contributed by atoms with Gasteiger partial charge < -0.3 is 15.0 Å². The summed E-state index contributed by atoms with van der Waals surface area (Å²) in [6, 6.07) is 9.62. The summed E-state index contributed by atoms with van der Waals surface area (Å²) in [4.78, 5) is 0. The first-order valence-electron chi connectivity index (χ1n) is 4.81. The van der Waals surface area contributed by atoms with Gasteiger partial charge in [0.15, 0.2) is 5.76 Å². The molecule has 1 aromatic carbocycles. The minimum Gasteiger partial charge on any atom is -0.486 e. The van der Waals surface area contributed by atoms with Crippen molar-refractivity contribution in [2.75, 3.05) is 0 Å². The van der Waals surface area contributed by atoms with Crippen molar-refractivity contribution in [3.05, 3.63) is 45.4 Å². The summed E-state index contributed by atoms with van der Waals surface area (Å²) in [6.45, 7) is 0.750. The van der Waals surface area contributed by atoms with Gasteiger partial charge in [0.1, 0.15) is 12.4 Å². The lowest BCUT2D eigenvalue weighted by molar-refractivity contribution is 0.248. The predicted octanol–water partition coefficient (Wildman–Crippen LogP) is 2.32. The van der Waals surface area contributed by atoms with Gasteiger partial charge in [-0.05, 0) is 40.8 Å². The highest BCUT2D eigenvalue weighted by molar-refractivity contribution is 14.1. The maximum atomic E-state index is 5.55. The Morgan fingerprint density at radius 3 is 2.94 bits per heavy atom. The second-order valence-corrected chi connectivity index (χ2v) is 4.48. The van der Waals surface area contributed by atoms with Crippen LogP contribution in [-0.4, -0.2) is 5.16 Å². The molecule has 0 saturated carbocycles. The largest absolute Gasteiger partial charge is 0.486 e. The van der Waals surface area contributed by atoms with Crippen LogP contribution in [0.4, 0.5) is 0 Å². The molecule has 5 heteroatoms. The fourth-order valence-corrected chi connectivity index (χ4v) is 1.75. The minimum atomic E-state index is 0.368. The quantitative estimate of drug-likeness (QED) is 0.874. The first kappa shape index (κ1) is 11.4. The van der Waals surface area contributed by atoms with Gasteiger partial charge in [0.2, 0.25) is 0 Å². The molecule has 1 heterocycles. The molecule has 1 aromatic heterocycles. The lowest BCUT2D eigenvalue weighted by atomic mass is 10.3. The molecule has 0 atom stereocenters. The van der Waals surface area contributed by atoms with E-state index in [-0.39, 0.29) is 0 Å². The van der Waals surface area contributed by atoms with E-state index in [0.717, 1.165) is 15.0 Å². The van der Waals surface area contributed by atoms with Crippen molar-refractivity contribution < 1.29 is 9.26 Å². The molecule has 0 amide bonds. The highest BCUT2D eigenvalue weighted by Crippen LogP contribution is 2.16. The summed E-state index contributed by atoms with van der Waals surface area (Å²) in [7, 11) is 0. The van der Waals surface area contributed by atoms with Crippen molar-refractivity contribution in [2.24, 2.45) is 5.73 Å². The van der Waals surface area contributed by atoms with Crippen LogP contribution in [0.1, 0.15) is 11.5 Å². The van der Waals surface area contributed by atoms with E-state index in [1.54, 1.807) is 6.07 Å². The van der Waals surface area contributed by atoms with Crippen molar-refractivity contribution in [2.45, 2.75) is 13.2 Å². The summed E-state index contributed by atoms with van der Waals surface area (Å²) < 4.78 is 11.7. The third-order valence-corrected chi connectivity index (χ3v) is 2.67. The summed E-state index contributed by atoms with van der Waals surface area (Å²) in [5.41, 5.74) is 6.16. The zero-order valence-corrected chi connectivity index (χ0v) is 10.7. The van der Waals surface area contributed by atoms with Gasteiger partial charge in [-0.1, -0.05) is 11.2 Å². The second-order valence-electron chi connectivity index (χ2n) is 3.23. The van der Waals surface area contributed by atoms with Crippen LogP contribution >= 0.6 is 22.6 Å². The smallest absolute Gasteiger partial charge is 0.174 e. The Balaban J connectivity index is 1.96. The number of aromatic nitrogens is 1. The fourth-order valence-electron chi connectivity index (χ4n) is 1.23. The van der Waals surface area contributed by atoms with Gasteiger partial charge in [0.05, 0.1) is 5.69 Å². The van der Waals surface area contributed by atoms with Crippen molar-refractivity contribution >= 4 is 22.6 Å². The zero-order chi connectivity index (χ0) is 11.4. The van der Waals surface area contributed by atoms with Crippen LogP contribution in [0.2, 0.25) is 0 Å². The third-order valence-electron chi connectivity index (χ3n) is 1.99. The van der Waals surface area contributed by atoms with Crippen LogP contribution in [0.25, 0.3) is 0 Å². The topological polar surface area (TPSA) is 61.3 Å². The van der Waals surface area contributed by atoms with Crippen molar-refractivity contribution in [1.29, 1.82) is 0 Å². The van der Waals surface area contributed by atoms with Crippen LogP contribution in [0.5, 0.6) is 5.75 Å². The Morgan fingerprint density at radius 1 is 1.38 bits per heavy atom. The van der Waals surface area contributed by atoms with E-state index >= 15 is 0 Å². The number of hydrogen-bond donors (Lipinski definition) is 1. The van der Waals surface area contributed by atoms with Gasteiger partial charge in [-0.3, -0.25) is 0 Å². The Labute approximate surface area is 107 Å². The third kappa shape index (κ3) is 2.96. The number of benzene rings is 1. The minimum absolute atomic E-state index is 0.368. The van der Waals surface area contributed by atoms with E-state index in [1.807, 2.05) is 24.3 Å². The van der Waals surface area contributed by atoms with E-state index in [9.17, 15) is 0 Å². The maximum Gasteiger partial charge on any atom is 0.174 e. The molecule has 2 rings (SSSR count). The summed E-state index contributed by atoms with van der Waals surface area (Å²) in [5.74, 6) is 1.50. The summed E-state index contributed by atoms with van der Waals surface area (Å²) >= 11 is 2.24. The van der Waals surface area contributed by atoms with Crippen LogP contribution in [0, 0.1) is 3.57 Å². The molecule has 0 saturated heterocycles. The highest BCUT2D eigenvalue weighted by Gasteiger charge is 2.03. The molecule has 0 aliphatic carbocycles. The van der Waals surface area contributed by atoms with E-state index < -0.39 is 0 Å². The number of hydrogen-bond acceptors (Lipinski definition) is 4. The highest BCUT2D eigenvalue weighted by atomic mass is 127. The molecule has 0 bridgehead atoms. The molecule has 16 heavy (non-hydrogen) atoms. The van der Waals surface area contributed by atoms with Gasteiger partial charge in [0.25, 0.3) is 0 Å². The molecule has 0 spiro atoms. The predicted molar refractivity (Wildman–Crippen MR) is 67.9 cm³/mol. The van der Waals surface area contributed by atoms with E-state index in [0.29, 0.717) is 18.9 Å². The van der Waals surface area contributed by atoms with Gasteiger partial charge >= 0.3 is 0 Å².